The number of hydrogen-bond donors (Lipinski definition) is 1. The Morgan fingerprint density at radius 1 is 0.941 bits per heavy atom. The molecule has 0 spiro atoms. The van der Waals surface area contributed by atoms with Gasteiger partial charge in [-0.1, -0.05) is 24.3 Å². The first-order valence-electron chi connectivity index (χ1n) is 10.3. The van der Waals surface area contributed by atoms with Gasteiger partial charge in [0, 0.05) is 49.3 Å². The minimum Gasteiger partial charge on any atom is -0.748 e. The second-order valence-corrected chi connectivity index (χ2v) is 10.8. The van der Waals surface area contributed by atoms with Gasteiger partial charge < -0.3 is 9.45 Å². The van der Waals surface area contributed by atoms with Crippen LogP contribution >= 0.6 is 0 Å². The quantitative estimate of drug-likeness (QED) is 0.222. The molecular weight excluding hydrogens is 487 g/mol. The van der Waals surface area contributed by atoms with Crippen molar-refractivity contribution >= 4 is 49.0 Å². The predicted octanol–water partition coefficient (Wildman–Crippen LogP) is -0.439. The van der Waals surface area contributed by atoms with Crippen LogP contribution in [0.15, 0.2) is 60.7 Å². The maximum Gasteiger partial charge on any atom is 1.00 e. The topological polar surface area (TPSA) is 119 Å². The third kappa shape index (κ3) is 8.77. The number of pyridine rings is 1. The number of hydrogen-bond acceptors (Lipinski definition) is 6. The van der Waals surface area contributed by atoms with Crippen molar-refractivity contribution in [2.45, 2.75) is 13.0 Å². The van der Waals surface area contributed by atoms with E-state index in [0.717, 1.165) is 27.8 Å². The summed E-state index contributed by atoms with van der Waals surface area (Å²) >= 11 is 0. The van der Waals surface area contributed by atoms with Crippen LogP contribution in [0.1, 0.15) is 17.7 Å². The summed E-state index contributed by atoms with van der Waals surface area (Å²) in [6.45, 7) is 0.537. The Bertz CT molecular complexity index is 1360. The van der Waals surface area contributed by atoms with Crippen molar-refractivity contribution in [1.82, 2.24) is 0 Å². The second-order valence-electron chi connectivity index (χ2n) is 7.72. The van der Waals surface area contributed by atoms with E-state index in [4.69, 9.17) is 4.55 Å². The molecule has 0 bridgehead atoms. The average molecular weight is 514 g/mol. The average Bonchev–Trinajstić information content (AvgIpc) is 2.75. The summed E-state index contributed by atoms with van der Waals surface area (Å²) in [7, 11) is -6.56. The first-order chi connectivity index (χ1) is 15.5. The van der Waals surface area contributed by atoms with Gasteiger partial charge >= 0.3 is 29.6 Å². The second kappa shape index (κ2) is 12.3. The van der Waals surface area contributed by atoms with Crippen LogP contribution in [0, 0.1) is 0 Å². The molecule has 11 heteroatoms. The van der Waals surface area contributed by atoms with Crippen LogP contribution < -0.4 is 39.0 Å². The Kier molecular flexibility index (Phi) is 10.3. The molecule has 8 nitrogen and oxygen atoms in total. The van der Waals surface area contributed by atoms with E-state index in [1.807, 2.05) is 77.4 Å². The minimum atomic E-state index is -4.26. The van der Waals surface area contributed by atoms with Crippen molar-refractivity contribution in [3.8, 4) is 0 Å². The molecule has 0 aliphatic carbocycles. The fourth-order valence-corrected chi connectivity index (χ4v) is 4.47. The number of nitrogens with zero attached hydrogens (tertiary/aromatic N) is 2. The first-order valence-corrected chi connectivity index (χ1v) is 13.5. The number of rotatable bonds is 10. The van der Waals surface area contributed by atoms with Crippen molar-refractivity contribution < 1.29 is 60.1 Å². The number of fused-ring (bicyclic) bond motifs is 1. The van der Waals surface area contributed by atoms with Gasteiger partial charge in [-0.2, -0.15) is 13.0 Å². The summed E-state index contributed by atoms with van der Waals surface area (Å²) < 4.78 is 65.8. The maximum absolute atomic E-state index is 11.1. The van der Waals surface area contributed by atoms with Crippen molar-refractivity contribution in [2.75, 3.05) is 30.0 Å². The number of para-hydroxylation sites is 1. The molecule has 176 valence electrons. The van der Waals surface area contributed by atoms with Gasteiger partial charge in [0.1, 0.15) is 0 Å². The standard InChI is InChI=1S/C23H26N2O6S2.Na/c1-24(16-18-33(29,30)31)21-11-7-19(8-12-21)9-13-22-14-10-20-5-2-3-6-23(20)25(22)15-4-17-32(26,27)28;/h2-3,5-14H,4,15-18H2,1H3,(H-,26,27,28,29,30,31);/q;+1. The van der Waals surface area contributed by atoms with Gasteiger partial charge in [0.05, 0.1) is 21.6 Å². The Hall–Kier alpha value is -1.79. The van der Waals surface area contributed by atoms with E-state index >= 15 is 0 Å². The number of anilines is 1. The molecule has 0 amide bonds. The molecular formula is C23H26N2NaO6S2+. The summed E-state index contributed by atoms with van der Waals surface area (Å²) in [6, 6.07) is 19.2. The van der Waals surface area contributed by atoms with E-state index in [9.17, 15) is 21.4 Å². The molecule has 1 heterocycles. The van der Waals surface area contributed by atoms with Crippen LogP contribution in [0.5, 0.6) is 0 Å². The third-order valence-corrected chi connectivity index (χ3v) is 6.70. The molecule has 3 rings (SSSR count). The molecule has 34 heavy (non-hydrogen) atoms. The van der Waals surface area contributed by atoms with Crippen molar-refractivity contribution in [3.63, 3.8) is 0 Å². The smallest absolute Gasteiger partial charge is 0.748 e. The van der Waals surface area contributed by atoms with Crippen LogP contribution in [0.4, 0.5) is 5.69 Å². The number of benzene rings is 2. The van der Waals surface area contributed by atoms with E-state index in [-0.39, 0.29) is 48.3 Å². The monoisotopic (exact) mass is 513 g/mol. The Morgan fingerprint density at radius 3 is 2.26 bits per heavy atom. The van der Waals surface area contributed by atoms with E-state index in [0.29, 0.717) is 6.54 Å². The van der Waals surface area contributed by atoms with Gasteiger partial charge in [-0.3, -0.25) is 4.55 Å². The normalized spacial score (nSPS) is 12.1. The van der Waals surface area contributed by atoms with Crippen molar-refractivity contribution in [1.29, 1.82) is 0 Å². The van der Waals surface area contributed by atoms with Crippen LogP contribution in [-0.4, -0.2) is 51.0 Å². The molecule has 0 saturated carbocycles. The van der Waals surface area contributed by atoms with Crippen LogP contribution in [-0.2, 0) is 26.8 Å². The molecule has 2 aromatic carbocycles. The zero-order valence-corrected chi connectivity index (χ0v) is 22.8. The zero-order chi connectivity index (χ0) is 24.1. The van der Waals surface area contributed by atoms with Gasteiger partial charge in [-0.15, -0.1) is 0 Å². The third-order valence-electron chi connectivity index (χ3n) is 5.21. The van der Waals surface area contributed by atoms with E-state index in [1.165, 1.54) is 0 Å². The van der Waals surface area contributed by atoms with Gasteiger partial charge in [0.25, 0.3) is 10.1 Å². The summed E-state index contributed by atoms with van der Waals surface area (Å²) in [5.41, 5.74) is 3.55. The number of aromatic nitrogens is 1. The fraction of sp³-hybridized carbons (Fsp3) is 0.261. The molecule has 0 fully saturated rings. The zero-order valence-electron chi connectivity index (χ0n) is 19.2. The summed E-state index contributed by atoms with van der Waals surface area (Å²) in [4.78, 5) is 1.70. The maximum atomic E-state index is 11.1. The van der Waals surface area contributed by atoms with Crippen LogP contribution in [0.25, 0.3) is 23.1 Å². The number of aryl methyl sites for hydroxylation is 1. The minimum absolute atomic E-state index is 0. The van der Waals surface area contributed by atoms with E-state index in [2.05, 4.69) is 0 Å². The molecule has 3 aromatic rings. The predicted molar refractivity (Wildman–Crippen MR) is 128 cm³/mol. The molecule has 1 N–H and O–H groups in total. The first kappa shape index (κ1) is 28.4. The molecule has 0 radical (unpaired) electrons. The molecule has 0 saturated heterocycles. The summed E-state index contributed by atoms with van der Waals surface area (Å²) in [5, 5.41) is 1.02. The van der Waals surface area contributed by atoms with Crippen LogP contribution in [0.2, 0.25) is 0 Å². The molecule has 0 atom stereocenters. The van der Waals surface area contributed by atoms with Crippen LogP contribution in [0.3, 0.4) is 0 Å². The summed E-state index contributed by atoms with van der Waals surface area (Å²) in [5.74, 6) is -0.764. The Morgan fingerprint density at radius 2 is 1.62 bits per heavy atom. The van der Waals surface area contributed by atoms with Gasteiger partial charge in [-0.05, 0) is 35.9 Å². The van der Waals surface area contributed by atoms with Gasteiger partial charge in [0.15, 0.2) is 6.54 Å². The van der Waals surface area contributed by atoms with E-state index in [1.54, 1.807) is 11.9 Å². The summed E-state index contributed by atoms with van der Waals surface area (Å²) in [6.07, 6.45) is 4.14. The van der Waals surface area contributed by atoms with Crippen molar-refractivity contribution in [2.24, 2.45) is 0 Å². The Balaban J connectivity index is 0.00000408. The van der Waals surface area contributed by atoms with E-state index < -0.39 is 26.0 Å². The molecule has 0 aliphatic heterocycles. The van der Waals surface area contributed by atoms with Gasteiger partial charge in [-0.25, -0.2) is 8.42 Å². The molecule has 0 aliphatic rings. The SMILES string of the molecule is CN(CCS(=O)(=O)[O-])c1ccc(C=Cc2ccc3ccccc3[n+]2CCCS(=O)(=O)O)cc1.[Na+]. The molecule has 1 aromatic heterocycles. The fourth-order valence-electron chi connectivity index (χ4n) is 3.48. The van der Waals surface area contributed by atoms with Gasteiger partial charge in [0.2, 0.25) is 11.2 Å². The van der Waals surface area contributed by atoms with Crippen molar-refractivity contribution in [3.05, 3.63) is 71.9 Å². The largest absolute Gasteiger partial charge is 1.00 e. The Labute approximate surface area is 222 Å². The molecule has 0 unspecified atom stereocenters.